The molecule has 4 atom stereocenters. The van der Waals surface area contributed by atoms with E-state index in [1.807, 2.05) is 24.3 Å². The number of benzene rings is 1. The molecule has 1 aliphatic rings. The Labute approximate surface area is 210 Å². The lowest BCUT2D eigenvalue weighted by Gasteiger charge is -2.29. The van der Waals surface area contributed by atoms with E-state index in [1.165, 1.54) is 11.8 Å². The number of nitrogens with zero attached hydrogens (tertiary/aromatic N) is 1. The van der Waals surface area contributed by atoms with Gasteiger partial charge in [-0.25, -0.2) is 4.79 Å². The summed E-state index contributed by atoms with van der Waals surface area (Å²) in [6.45, 7) is 2.27. The van der Waals surface area contributed by atoms with Crippen molar-refractivity contribution >= 4 is 34.6 Å². The van der Waals surface area contributed by atoms with Gasteiger partial charge in [0.2, 0.25) is 17.7 Å². The van der Waals surface area contributed by atoms with Gasteiger partial charge in [-0.1, -0.05) is 18.2 Å². The minimum Gasteiger partial charge on any atom is -0.480 e. The normalized spacial score (nSPS) is 18.0. The third-order valence-corrected chi connectivity index (χ3v) is 6.53. The van der Waals surface area contributed by atoms with Crippen molar-refractivity contribution in [3.05, 3.63) is 36.0 Å². The van der Waals surface area contributed by atoms with Gasteiger partial charge in [-0.15, -0.1) is 0 Å². The first-order valence-corrected chi connectivity index (χ1v) is 12.4. The molecule has 2 aromatic rings. The number of hydrogen-bond acceptors (Lipinski definition) is 6. The minimum absolute atomic E-state index is 0.161. The number of H-pyrrole nitrogens is 1. The lowest BCUT2D eigenvalue weighted by molar-refractivity contribution is -0.149. The van der Waals surface area contributed by atoms with Crippen LogP contribution in [0.2, 0.25) is 0 Å². The first kappa shape index (κ1) is 27.2. The van der Waals surface area contributed by atoms with Crippen molar-refractivity contribution in [2.45, 2.75) is 69.6 Å². The number of fused-ring (bicyclic) bond motifs is 1. The average Bonchev–Trinajstić information content (AvgIpc) is 3.50. The second-order valence-electron chi connectivity index (χ2n) is 9.29. The number of carboxylic acid groups (broad SMARTS) is 1. The molecule has 196 valence electrons. The van der Waals surface area contributed by atoms with E-state index in [4.69, 9.17) is 11.5 Å². The fourth-order valence-electron chi connectivity index (χ4n) is 4.54. The maximum Gasteiger partial charge on any atom is 0.326 e. The number of likely N-dealkylation sites (tertiary alicyclic amines) is 1. The summed E-state index contributed by atoms with van der Waals surface area (Å²) in [6, 6.07) is 3.94. The predicted octanol–water partition coefficient (Wildman–Crippen LogP) is 0.232. The molecule has 1 aromatic carbocycles. The largest absolute Gasteiger partial charge is 0.480 e. The van der Waals surface area contributed by atoms with Crippen LogP contribution in [-0.2, 0) is 25.6 Å². The third-order valence-electron chi connectivity index (χ3n) is 6.53. The zero-order valence-corrected chi connectivity index (χ0v) is 20.5. The molecular formula is C25H36N6O5. The van der Waals surface area contributed by atoms with Crippen molar-refractivity contribution in [1.82, 2.24) is 20.5 Å². The van der Waals surface area contributed by atoms with Gasteiger partial charge in [-0.2, -0.15) is 0 Å². The highest BCUT2D eigenvalue weighted by Crippen LogP contribution is 2.23. The molecule has 1 fully saturated rings. The van der Waals surface area contributed by atoms with Gasteiger partial charge in [0.1, 0.15) is 18.1 Å². The number of amides is 3. The standard InChI is InChI=1S/C25H36N6O5/c1-15(27)22(32)29-19(9-4-5-11-26)23(33)30-20(24(34)31-12-6-10-21(31)25(35)36)13-16-14-28-18-8-3-2-7-17(16)18/h2-3,7-8,14-15,19-21,28H,4-6,9-13,26-27H2,1H3,(H,29,32)(H,30,33)(H,35,36). The Balaban J connectivity index is 1.86. The molecule has 0 saturated carbocycles. The monoisotopic (exact) mass is 500 g/mol. The highest BCUT2D eigenvalue weighted by Gasteiger charge is 2.38. The number of nitrogens with one attached hydrogen (secondary N) is 3. The summed E-state index contributed by atoms with van der Waals surface area (Å²) in [6.07, 6.45) is 4.48. The van der Waals surface area contributed by atoms with Crippen LogP contribution in [0.15, 0.2) is 30.5 Å². The molecule has 0 aliphatic carbocycles. The van der Waals surface area contributed by atoms with Crippen LogP contribution in [0.4, 0.5) is 0 Å². The van der Waals surface area contributed by atoms with Gasteiger partial charge in [0.25, 0.3) is 0 Å². The van der Waals surface area contributed by atoms with Crippen molar-refractivity contribution in [3.63, 3.8) is 0 Å². The Morgan fingerprint density at radius 3 is 2.56 bits per heavy atom. The van der Waals surface area contributed by atoms with Gasteiger partial charge in [0.05, 0.1) is 6.04 Å². The van der Waals surface area contributed by atoms with Crippen LogP contribution in [0.3, 0.4) is 0 Å². The number of para-hydroxylation sites is 1. The zero-order chi connectivity index (χ0) is 26.2. The molecule has 8 N–H and O–H groups in total. The molecule has 36 heavy (non-hydrogen) atoms. The van der Waals surface area contributed by atoms with E-state index in [0.29, 0.717) is 45.2 Å². The topological polar surface area (TPSA) is 184 Å². The van der Waals surface area contributed by atoms with Gasteiger partial charge in [0.15, 0.2) is 0 Å². The SMILES string of the molecule is CC(N)C(=O)NC(CCCCN)C(=O)NC(Cc1c[nH]c2ccccc12)C(=O)N1CCCC1C(=O)O. The average molecular weight is 501 g/mol. The van der Waals surface area contributed by atoms with E-state index >= 15 is 0 Å². The summed E-state index contributed by atoms with van der Waals surface area (Å²) in [7, 11) is 0. The molecule has 1 aliphatic heterocycles. The van der Waals surface area contributed by atoms with Crippen LogP contribution < -0.4 is 22.1 Å². The summed E-state index contributed by atoms with van der Waals surface area (Å²) < 4.78 is 0. The number of unbranched alkanes of at least 4 members (excludes halogenated alkanes) is 1. The fraction of sp³-hybridized carbons (Fsp3) is 0.520. The summed E-state index contributed by atoms with van der Waals surface area (Å²) in [5, 5.41) is 16.0. The molecule has 1 aromatic heterocycles. The van der Waals surface area contributed by atoms with Crippen LogP contribution in [0.25, 0.3) is 10.9 Å². The van der Waals surface area contributed by atoms with Crippen LogP contribution in [0.5, 0.6) is 0 Å². The summed E-state index contributed by atoms with van der Waals surface area (Å²) >= 11 is 0. The van der Waals surface area contributed by atoms with Crippen LogP contribution >= 0.6 is 0 Å². The molecule has 11 heteroatoms. The Morgan fingerprint density at radius 2 is 1.86 bits per heavy atom. The molecular weight excluding hydrogens is 464 g/mol. The van der Waals surface area contributed by atoms with Crippen LogP contribution in [0, 0.1) is 0 Å². The van der Waals surface area contributed by atoms with Gasteiger partial charge < -0.3 is 37.1 Å². The Hall–Kier alpha value is -3.44. The van der Waals surface area contributed by atoms with Crippen molar-refractivity contribution in [2.24, 2.45) is 11.5 Å². The smallest absolute Gasteiger partial charge is 0.326 e. The maximum atomic E-state index is 13.6. The van der Waals surface area contributed by atoms with Gasteiger partial charge in [-0.3, -0.25) is 14.4 Å². The van der Waals surface area contributed by atoms with E-state index in [1.54, 1.807) is 6.20 Å². The molecule has 2 heterocycles. The maximum absolute atomic E-state index is 13.6. The first-order chi connectivity index (χ1) is 17.2. The van der Waals surface area contributed by atoms with Gasteiger partial charge >= 0.3 is 5.97 Å². The summed E-state index contributed by atoms with van der Waals surface area (Å²) in [5.74, 6) is -2.53. The van der Waals surface area contributed by atoms with E-state index in [0.717, 1.165) is 16.5 Å². The summed E-state index contributed by atoms with van der Waals surface area (Å²) in [4.78, 5) is 55.4. The second-order valence-corrected chi connectivity index (χ2v) is 9.29. The molecule has 0 radical (unpaired) electrons. The number of aliphatic carboxylic acids is 1. The third kappa shape index (κ3) is 6.61. The van der Waals surface area contributed by atoms with E-state index in [2.05, 4.69) is 15.6 Å². The highest BCUT2D eigenvalue weighted by molar-refractivity contribution is 5.95. The quantitative estimate of drug-likeness (QED) is 0.225. The fourth-order valence-corrected chi connectivity index (χ4v) is 4.54. The van der Waals surface area contributed by atoms with Crippen LogP contribution in [0.1, 0.15) is 44.6 Å². The van der Waals surface area contributed by atoms with Crippen molar-refractivity contribution in [2.75, 3.05) is 13.1 Å². The van der Waals surface area contributed by atoms with Gasteiger partial charge in [0, 0.05) is 30.1 Å². The Kier molecular flexibility index (Phi) is 9.43. The predicted molar refractivity (Wildman–Crippen MR) is 135 cm³/mol. The number of carbonyl (C=O) groups excluding carboxylic acids is 3. The van der Waals surface area contributed by atoms with E-state index in [9.17, 15) is 24.3 Å². The number of rotatable bonds is 12. The number of aromatic amines is 1. The Bertz CT molecular complexity index is 1080. The van der Waals surface area contributed by atoms with Crippen molar-refractivity contribution in [1.29, 1.82) is 0 Å². The number of nitrogens with two attached hydrogens (primary N) is 2. The number of aromatic nitrogens is 1. The minimum atomic E-state index is -1.07. The molecule has 0 spiro atoms. The first-order valence-electron chi connectivity index (χ1n) is 12.4. The lowest BCUT2D eigenvalue weighted by Crippen LogP contribution is -2.57. The highest BCUT2D eigenvalue weighted by atomic mass is 16.4. The summed E-state index contributed by atoms with van der Waals surface area (Å²) in [5.41, 5.74) is 13.0. The molecule has 1 saturated heterocycles. The molecule has 3 amide bonds. The second kappa shape index (κ2) is 12.5. The molecule has 11 nitrogen and oxygen atoms in total. The van der Waals surface area contributed by atoms with E-state index in [-0.39, 0.29) is 6.42 Å². The number of hydrogen-bond donors (Lipinski definition) is 6. The van der Waals surface area contributed by atoms with Crippen molar-refractivity contribution < 1.29 is 24.3 Å². The van der Waals surface area contributed by atoms with Crippen LogP contribution in [-0.4, -0.2) is 75.9 Å². The van der Waals surface area contributed by atoms with E-state index < -0.39 is 47.9 Å². The molecule has 4 unspecified atom stereocenters. The Morgan fingerprint density at radius 1 is 1.14 bits per heavy atom. The number of carbonyl (C=O) groups is 4. The molecule has 0 bridgehead atoms. The van der Waals surface area contributed by atoms with Gasteiger partial charge in [-0.05, 0) is 57.2 Å². The lowest BCUT2D eigenvalue weighted by atomic mass is 10.0. The molecule has 3 rings (SSSR count). The van der Waals surface area contributed by atoms with Crippen molar-refractivity contribution in [3.8, 4) is 0 Å². The zero-order valence-electron chi connectivity index (χ0n) is 20.5. The number of carboxylic acids is 1.